The van der Waals surface area contributed by atoms with Gasteiger partial charge < -0.3 is 25.8 Å². The minimum atomic E-state index is -1.45. The second kappa shape index (κ2) is 11.3. The van der Waals surface area contributed by atoms with Crippen molar-refractivity contribution in [3.8, 4) is 5.75 Å². The van der Waals surface area contributed by atoms with Gasteiger partial charge in [0.25, 0.3) is 11.8 Å². The van der Waals surface area contributed by atoms with Crippen molar-refractivity contribution >= 4 is 64.1 Å². The Balaban J connectivity index is 1.41. The Morgan fingerprint density at radius 3 is 2.67 bits per heavy atom. The summed E-state index contributed by atoms with van der Waals surface area (Å²) in [5, 5.41) is 35.0. The molecule has 0 radical (unpaired) electrons. The molecule has 1 aromatic carbocycles. The van der Waals surface area contributed by atoms with Crippen LogP contribution in [0.5, 0.6) is 5.75 Å². The first-order chi connectivity index (χ1) is 20.0. The molecule has 0 saturated carbocycles. The average molecular weight is 631 g/mol. The number of β-lactam (4-membered cyclic amide) rings is 1. The van der Waals surface area contributed by atoms with Crippen LogP contribution in [-0.4, -0.2) is 86.0 Å². The number of benzene rings is 1. The van der Waals surface area contributed by atoms with Crippen molar-refractivity contribution < 1.29 is 29.4 Å². The van der Waals surface area contributed by atoms with Gasteiger partial charge in [-0.3, -0.25) is 24.1 Å². The normalized spacial score (nSPS) is 18.5. The number of halogens is 1. The first-order valence-electron chi connectivity index (χ1n) is 11.9. The van der Waals surface area contributed by atoms with Crippen molar-refractivity contribution in [2.75, 3.05) is 5.75 Å². The third-order valence-corrected chi connectivity index (χ3v) is 8.49. The number of hydrogen-bond donors (Lipinski definition) is 5. The average Bonchev–Trinajstić information content (AvgIpc) is 3.40. The molecule has 3 aromatic rings. The van der Waals surface area contributed by atoms with Crippen molar-refractivity contribution in [2.24, 2.45) is 7.05 Å². The van der Waals surface area contributed by atoms with Crippen molar-refractivity contribution in [3.05, 3.63) is 80.1 Å². The standard InChI is InChI=1S/C24H19ClN8O7S2/c1-32-19(29-30-31-32)18(41)11-8-42-23-16(22(38)33(23)17(11)24(39)40)28-21(37)15(9-2-3-14(35)12(25)6-9)27-20(36)10-7-26-5-4-13(10)34/h2-7,15-16,23,35H,8H2,1H3,(H,26,34)(H,27,36)(H,28,37)(H,39,40)/t15?,16?,23-/m0/s1. The van der Waals surface area contributed by atoms with Gasteiger partial charge in [-0.15, -0.1) is 16.9 Å². The quantitative estimate of drug-likeness (QED) is 0.125. The molecule has 5 rings (SSSR count). The van der Waals surface area contributed by atoms with E-state index in [4.69, 9.17) is 23.8 Å². The molecule has 18 heteroatoms. The number of rotatable bonds is 8. The first kappa shape index (κ1) is 28.9. The van der Waals surface area contributed by atoms with Gasteiger partial charge in [-0.25, -0.2) is 9.48 Å². The van der Waals surface area contributed by atoms with E-state index in [0.29, 0.717) is 0 Å². The number of aryl methyl sites for hydroxylation is 1. The summed E-state index contributed by atoms with van der Waals surface area (Å²) in [6.07, 6.45) is 2.50. The third-order valence-electron chi connectivity index (χ3n) is 6.48. The molecule has 2 aliphatic heterocycles. The number of carboxylic acids is 1. The zero-order chi connectivity index (χ0) is 30.3. The highest BCUT2D eigenvalue weighted by atomic mass is 35.5. The van der Waals surface area contributed by atoms with Gasteiger partial charge >= 0.3 is 5.97 Å². The number of carbonyl (C=O) groups excluding carboxylic acids is 3. The topological polar surface area (TPSA) is 212 Å². The van der Waals surface area contributed by atoms with Crippen LogP contribution in [0.3, 0.4) is 0 Å². The molecule has 15 nitrogen and oxygen atoms in total. The second-order valence-electron chi connectivity index (χ2n) is 9.02. The summed E-state index contributed by atoms with van der Waals surface area (Å²) in [6.45, 7) is 0. The number of nitrogens with one attached hydrogen (secondary N) is 3. The van der Waals surface area contributed by atoms with Crippen LogP contribution in [-0.2, 0) is 21.4 Å². The van der Waals surface area contributed by atoms with Gasteiger partial charge in [0.2, 0.25) is 5.91 Å². The molecule has 2 aromatic heterocycles. The molecule has 4 heterocycles. The van der Waals surface area contributed by atoms with Gasteiger partial charge in [0, 0.05) is 36.8 Å². The summed E-state index contributed by atoms with van der Waals surface area (Å²) >= 11 is 12.6. The third kappa shape index (κ3) is 5.12. The number of carbonyl (C=O) groups is 4. The van der Waals surface area contributed by atoms with Crippen LogP contribution in [0.15, 0.2) is 52.7 Å². The van der Waals surface area contributed by atoms with E-state index in [-0.39, 0.29) is 49.6 Å². The van der Waals surface area contributed by atoms with Crippen LogP contribution < -0.4 is 16.1 Å². The smallest absolute Gasteiger partial charge is 0.353 e. The van der Waals surface area contributed by atoms with Crippen LogP contribution in [0.4, 0.5) is 0 Å². The molecular weight excluding hydrogens is 612 g/mol. The SMILES string of the molecule is Cn1nnnc1C(=S)C1=C(C(=O)O)N2C(=O)C(NC(=O)C(NC(=O)c3c[nH]ccc3=O)c3ccc(O)c(Cl)c3)[C@@H]2SC1. The number of pyridine rings is 1. The number of amides is 3. The van der Waals surface area contributed by atoms with Gasteiger partial charge in [0.15, 0.2) is 11.3 Å². The maximum absolute atomic E-state index is 13.5. The highest BCUT2D eigenvalue weighted by molar-refractivity contribution is 8.00. The predicted octanol–water partition coefficient (Wildman–Crippen LogP) is -0.115. The number of aliphatic carboxylic acids is 1. The minimum Gasteiger partial charge on any atom is -0.506 e. The summed E-state index contributed by atoms with van der Waals surface area (Å²) in [7, 11) is 1.53. The van der Waals surface area contributed by atoms with Gasteiger partial charge in [-0.2, -0.15) is 0 Å². The molecule has 5 N–H and O–H groups in total. The van der Waals surface area contributed by atoms with Crippen LogP contribution in [0.1, 0.15) is 27.8 Å². The molecule has 0 aliphatic carbocycles. The number of carboxylic acid groups (broad SMARTS) is 1. The number of phenols is 1. The van der Waals surface area contributed by atoms with Crippen molar-refractivity contribution in [1.82, 2.24) is 40.7 Å². The Hall–Kier alpha value is -4.61. The molecule has 3 atom stereocenters. The molecule has 2 aliphatic rings. The Bertz CT molecular complexity index is 1760. The maximum atomic E-state index is 13.5. The molecule has 2 unspecified atom stereocenters. The van der Waals surface area contributed by atoms with Gasteiger partial charge in [-0.05, 0) is 28.1 Å². The largest absolute Gasteiger partial charge is 0.506 e. The van der Waals surface area contributed by atoms with E-state index >= 15 is 0 Å². The highest BCUT2D eigenvalue weighted by Gasteiger charge is 2.55. The maximum Gasteiger partial charge on any atom is 0.353 e. The Morgan fingerprint density at radius 1 is 1.26 bits per heavy atom. The molecule has 0 bridgehead atoms. The van der Waals surface area contributed by atoms with E-state index < -0.39 is 46.6 Å². The zero-order valence-electron chi connectivity index (χ0n) is 21.3. The molecule has 42 heavy (non-hydrogen) atoms. The van der Waals surface area contributed by atoms with Crippen LogP contribution in [0.2, 0.25) is 5.02 Å². The van der Waals surface area contributed by atoms with Gasteiger partial charge in [0.1, 0.15) is 34.5 Å². The number of phenolic OH excluding ortho intramolecular Hbond substituents is 1. The summed E-state index contributed by atoms with van der Waals surface area (Å²) in [5.74, 6) is -3.89. The first-order valence-corrected chi connectivity index (χ1v) is 13.8. The van der Waals surface area contributed by atoms with E-state index in [1.54, 1.807) is 0 Å². The molecule has 0 spiro atoms. The number of aromatic nitrogens is 5. The molecule has 216 valence electrons. The van der Waals surface area contributed by atoms with Crippen LogP contribution in [0, 0.1) is 0 Å². The Kier molecular flexibility index (Phi) is 7.81. The number of tetrazole rings is 1. The van der Waals surface area contributed by atoms with E-state index in [1.807, 2.05) is 0 Å². The summed E-state index contributed by atoms with van der Waals surface area (Å²) in [4.78, 5) is 67.8. The van der Waals surface area contributed by atoms with Gasteiger partial charge in [0.05, 0.1) is 9.89 Å². The second-order valence-corrected chi connectivity index (χ2v) is 10.9. The van der Waals surface area contributed by atoms with Crippen molar-refractivity contribution in [3.63, 3.8) is 0 Å². The number of H-pyrrole nitrogens is 1. The van der Waals surface area contributed by atoms with E-state index in [0.717, 1.165) is 11.0 Å². The molecule has 1 fully saturated rings. The Morgan fingerprint density at radius 2 is 2.02 bits per heavy atom. The predicted molar refractivity (Wildman–Crippen MR) is 151 cm³/mol. The lowest BCUT2D eigenvalue weighted by Gasteiger charge is -2.49. The lowest BCUT2D eigenvalue weighted by Crippen LogP contribution is -2.71. The number of thiocarbonyl (C=S) groups is 1. The summed E-state index contributed by atoms with van der Waals surface area (Å²) in [5.41, 5.74) is -0.900. The summed E-state index contributed by atoms with van der Waals surface area (Å²) in [6, 6.07) is 2.33. The number of aromatic hydroxyl groups is 1. The van der Waals surface area contributed by atoms with Crippen LogP contribution in [0.25, 0.3) is 0 Å². The number of hydrogen-bond acceptors (Lipinski definition) is 11. The fraction of sp³-hybridized carbons (Fsp3) is 0.208. The fourth-order valence-corrected chi connectivity index (χ4v) is 6.37. The number of fused-ring (bicyclic) bond motifs is 1. The fourth-order valence-electron chi connectivity index (χ4n) is 4.39. The van der Waals surface area contributed by atoms with E-state index in [1.165, 1.54) is 54.1 Å². The van der Waals surface area contributed by atoms with Crippen molar-refractivity contribution in [2.45, 2.75) is 17.5 Å². The molecular formula is C24H19ClN8O7S2. The lowest BCUT2D eigenvalue weighted by molar-refractivity contribution is -0.150. The Labute approximate surface area is 249 Å². The number of thioether (sulfide) groups is 1. The summed E-state index contributed by atoms with van der Waals surface area (Å²) < 4.78 is 1.28. The van der Waals surface area contributed by atoms with Crippen molar-refractivity contribution in [1.29, 1.82) is 0 Å². The lowest BCUT2D eigenvalue weighted by atomic mass is 9.99. The molecule has 3 amide bonds. The zero-order valence-corrected chi connectivity index (χ0v) is 23.7. The monoisotopic (exact) mass is 630 g/mol. The molecule has 1 saturated heterocycles. The number of nitrogens with zero attached hydrogens (tertiary/aromatic N) is 5. The highest BCUT2D eigenvalue weighted by Crippen LogP contribution is 2.41. The van der Waals surface area contributed by atoms with Crippen LogP contribution >= 0.6 is 35.6 Å². The van der Waals surface area contributed by atoms with E-state index in [9.17, 15) is 34.2 Å². The number of aromatic amines is 1. The van der Waals surface area contributed by atoms with E-state index in [2.05, 4.69) is 31.1 Å². The van der Waals surface area contributed by atoms with Gasteiger partial charge in [-0.1, -0.05) is 29.9 Å². The minimum absolute atomic E-state index is 0.0639.